The molecule has 2 aromatic carbocycles. The fraction of sp³-hybridized carbons (Fsp3) is 0.190. The normalized spacial score (nSPS) is 18.0. The van der Waals surface area contributed by atoms with Crippen molar-refractivity contribution in [1.82, 2.24) is 5.32 Å². The highest BCUT2D eigenvalue weighted by molar-refractivity contribution is 8.05. The number of benzene rings is 2. The van der Waals surface area contributed by atoms with E-state index in [0.717, 1.165) is 23.2 Å². The van der Waals surface area contributed by atoms with Crippen LogP contribution in [0.3, 0.4) is 0 Å². The molecule has 1 aliphatic heterocycles. The first-order valence-electron chi connectivity index (χ1n) is 8.56. The number of aromatic hydroxyl groups is 1. The van der Waals surface area contributed by atoms with Gasteiger partial charge in [0.05, 0.1) is 4.91 Å². The second-order valence-electron chi connectivity index (χ2n) is 6.06. The Balaban J connectivity index is 1.71. The number of anilines is 1. The molecule has 134 valence electrons. The van der Waals surface area contributed by atoms with E-state index in [-0.39, 0.29) is 17.2 Å². The molecule has 1 heterocycles. The van der Waals surface area contributed by atoms with Crippen molar-refractivity contribution < 1.29 is 9.90 Å². The Morgan fingerprint density at radius 3 is 2.73 bits per heavy atom. The summed E-state index contributed by atoms with van der Waals surface area (Å²) in [6.45, 7) is 5.82. The van der Waals surface area contributed by atoms with E-state index in [1.54, 1.807) is 18.2 Å². The van der Waals surface area contributed by atoms with Crippen LogP contribution in [0.2, 0.25) is 0 Å². The average molecular weight is 366 g/mol. The first kappa shape index (κ1) is 18.1. The van der Waals surface area contributed by atoms with E-state index < -0.39 is 0 Å². The molecule has 1 fully saturated rings. The van der Waals surface area contributed by atoms with Crippen LogP contribution >= 0.6 is 11.8 Å². The Morgan fingerprint density at radius 1 is 1.27 bits per heavy atom. The summed E-state index contributed by atoms with van der Waals surface area (Å²) in [4.78, 5) is 12.9. The van der Waals surface area contributed by atoms with Gasteiger partial charge in [-0.05, 0) is 59.9 Å². The zero-order chi connectivity index (χ0) is 18.5. The van der Waals surface area contributed by atoms with E-state index in [2.05, 4.69) is 36.3 Å². The van der Waals surface area contributed by atoms with E-state index in [0.29, 0.717) is 11.3 Å². The smallest absolute Gasteiger partial charge is 0.260 e. The van der Waals surface area contributed by atoms with Gasteiger partial charge in [0.15, 0.2) is 5.50 Å². The third-order valence-corrected chi connectivity index (χ3v) is 5.18. The molecule has 3 rings (SSSR count). The topological polar surface area (TPSA) is 61.4 Å². The predicted octanol–water partition coefficient (Wildman–Crippen LogP) is 4.28. The van der Waals surface area contributed by atoms with Crippen molar-refractivity contribution in [2.24, 2.45) is 0 Å². The number of phenols is 1. The first-order chi connectivity index (χ1) is 12.6. The fourth-order valence-electron chi connectivity index (χ4n) is 2.72. The van der Waals surface area contributed by atoms with Crippen LogP contribution in [0.4, 0.5) is 5.69 Å². The lowest BCUT2D eigenvalue weighted by molar-refractivity contribution is -0.116. The zero-order valence-corrected chi connectivity index (χ0v) is 15.5. The Kier molecular flexibility index (Phi) is 5.68. The molecule has 1 amide bonds. The molecular weight excluding hydrogens is 344 g/mol. The van der Waals surface area contributed by atoms with Crippen molar-refractivity contribution in [2.75, 3.05) is 5.32 Å². The van der Waals surface area contributed by atoms with Gasteiger partial charge in [-0.25, -0.2) is 0 Å². The fourth-order valence-corrected chi connectivity index (χ4v) is 3.70. The number of aryl methyl sites for hydroxylation is 1. The van der Waals surface area contributed by atoms with Crippen LogP contribution in [0.25, 0.3) is 6.08 Å². The van der Waals surface area contributed by atoms with Crippen LogP contribution in [0, 0.1) is 0 Å². The molecule has 0 radical (unpaired) electrons. The number of nitrogens with one attached hydrogen (secondary N) is 2. The number of thioether (sulfide) groups is 1. The maximum Gasteiger partial charge on any atom is 0.260 e. The lowest BCUT2D eigenvalue weighted by Gasteiger charge is -2.12. The van der Waals surface area contributed by atoms with Gasteiger partial charge in [0.2, 0.25) is 0 Å². The van der Waals surface area contributed by atoms with E-state index in [1.807, 2.05) is 24.3 Å². The minimum Gasteiger partial charge on any atom is -0.508 e. The third kappa shape index (κ3) is 4.29. The summed E-state index contributed by atoms with van der Waals surface area (Å²) in [6.07, 6.45) is 5.17. The summed E-state index contributed by atoms with van der Waals surface area (Å²) in [5.41, 5.74) is 3.72. The highest BCUT2D eigenvalue weighted by atomic mass is 32.2. The summed E-state index contributed by atoms with van der Waals surface area (Å²) in [5.74, 6) is 0.140. The highest BCUT2D eigenvalue weighted by Crippen LogP contribution is 2.31. The SMILES string of the molecule is C=CCc1cc(/C=C2\S[C@H](Nc3ccc(CC)cc3)NC2=O)ccc1O. The molecule has 1 aliphatic rings. The molecule has 0 aliphatic carbocycles. The Morgan fingerprint density at radius 2 is 2.04 bits per heavy atom. The Labute approximate surface area is 158 Å². The number of rotatable bonds is 6. The van der Waals surface area contributed by atoms with Crippen LogP contribution in [0.15, 0.2) is 60.0 Å². The largest absolute Gasteiger partial charge is 0.508 e. The van der Waals surface area contributed by atoms with Crippen LogP contribution in [0.5, 0.6) is 5.75 Å². The molecule has 0 bridgehead atoms. The number of allylic oxidation sites excluding steroid dienone is 1. The third-order valence-electron chi connectivity index (χ3n) is 4.16. The molecule has 0 spiro atoms. The molecule has 26 heavy (non-hydrogen) atoms. The van der Waals surface area contributed by atoms with Gasteiger partial charge in [0.1, 0.15) is 5.75 Å². The van der Waals surface area contributed by atoms with E-state index in [4.69, 9.17) is 0 Å². The number of hydrogen-bond donors (Lipinski definition) is 3. The zero-order valence-electron chi connectivity index (χ0n) is 14.7. The number of carbonyl (C=O) groups is 1. The second-order valence-corrected chi connectivity index (χ2v) is 7.20. The standard InChI is InChI=1S/C21H22N2O2S/c1-3-5-16-12-15(8-11-18(16)24)13-19-20(25)23-21(26-19)22-17-9-6-14(4-2)7-10-17/h3,6-13,21-22,24H,1,4-5H2,2H3,(H,23,25)/b19-13-/t21-/m1/s1. The van der Waals surface area contributed by atoms with Crippen LogP contribution in [-0.4, -0.2) is 16.5 Å². The van der Waals surface area contributed by atoms with Crippen LogP contribution in [0.1, 0.15) is 23.6 Å². The minimum absolute atomic E-state index is 0.101. The van der Waals surface area contributed by atoms with Crippen molar-refractivity contribution in [2.45, 2.75) is 25.3 Å². The quantitative estimate of drug-likeness (QED) is 0.527. The number of carbonyl (C=O) groups excluding carboxylic acids is 1. The summed E-state index contributed by atoms with van der Waals surface area (Å²) in [6, 6.07) is 13.5. The van der Waals surface area contributed by atoms with Gasteiger partial charge in [-0.2, -0.15) is 0 Å². The molecular formula is C21H22N2O2S. The average Bonchev–Trinajstić information content (AvgIpc) is 2.98. The van der Waals surface area contributed by atoms with Crippen molar-refractivity contribution in [3.63, 3.8) is 0 Å². The molecule has 1 atom stereocenters. The lowest BCUT2D eigenvalue weighted by atomic mass is 10.1. The van der Waals surface area contributed by atoms with Gasteiger partial charge in [-0.15, -0.1) is 6.58 Å². The van der Waals surface area contributed by atoms with Crippen molar-refractivity contribution >= 4 is 29.4 Å². The van der Waals surface area contributed by atoms with Gasteiger partial charge in [-0.1, -0.05) is 43.0 Å². The van der Waals surface area contributed by atoms with Gasteiger partial charge in [0, 0.05) is 5.69 Å². The van der Waals surface area contributed by atoms with Gasteiger partial charge in [0.25, 0.3) is 5.91 Å². The molecule has 0 aromatic heterocycles. The number of hydrogen-bond acceptors (Lipinski definition) is 4. The number of phenolic OH excluding ortho intramolecular Hbond substituents is 1. The number of amides is 1. The van der Waals surface area contributed by atoms with Gasteiger partial charge in [-0.3, -0.25) is 4.79 Å². The van der Waals surface area contributed by atoms with Crippen molar-refractivity contribution in [1.29, 1.82) is 0 Å². The molecule has 3 N–H and O–H groups in total. The molecule has 0 saturated carbocycles. The summed E-state index contributed by atoms with van der Waals surface area (Å²) in [5, 5.41) is 16.1. The maximum absolute atomic E-state index is 12.3. The summed E-state index contributed by atoms with van der Waals surface area (Å²) in [7, 11) is 0. The lowest BCUT2D eigenvalue weighted by Crippen LogP contribution is -2.30. The minimum atomic E-state index is -0.203. The van der Waals surface area contributed by atoms with Crippen LogP contribution < -0.4 is 10.6 Å². The maximum atomic E-state index is 12.3. The first-order valence-corrected chi connectivity index (χ1v) is 9.44. The summed E-state index contributed by atoms with van der Waals surface area (Å²) < 4.78 is 0. The molecule has 0 unspecified atom stereocenters. The van der Waals surface area contributed by atoms with E-state index >= 15 is 0 Å². The molecule has 1 saturated heterocycles. The van der Waals surface area contributed by atoms with Crippen molar-refractivity contribution in [3.8, 4) is 5.75 Å². The van der Waals surface area contributed by atoms with E-state index in [9.17, 15) is 9.90 Å². The predicted molar refractivity (Wildman–Crippen MR) is 109 cm³/mol. The Hall–Kier alpha value is -2.66. The van der Waals surface area contributed by atoms with Gasteiger partial charge >= 0.3 is 0 Å². The van der Waals surface area contributed by atoms with Crippen molar-refractivity contribution in [3.05, 3.63) is 76.7 Å². The molecule has 4 nitrogen and oxygen atoms in total. The molecule has 5 heteroatoms. The molecule has 2 aromatic rings. The highest BCUT2D eigenvalue weighted by Gasteiger charge is 2.27. The van der Waals surface area contributed by atoms with Crippen LogP contribution in [-0.2, 0) is 17.6 Å². The monoisotopic (exact) mass is 366 g/mol. The second kappa shape index (κ2) is 8.15. The van der Waals surface area contributed by atoms with E-state index in [1.165, 1.54) is 17.3 Å². The Bertz CT molecular complexity index is 844. The van der Waals surface area contributed by atoms with Gasteiger partial charge < -0.3 is 15.7 Å². The summed E-state index contributed by atoms with van der Waals surface area (Å²) >= 11 is 1.45.